The highest BCUT2D eigenvalue weighted by atomic mass is 16.5. The average Bonchev–Trinajstić information content (AvgIpc) is 2.81. The number of carboxylic acid groups (broad SMARTS) is 1. The monoisotopic (exact) mass is 287 g/mol. The normalized spacial score (nSPS) is 10.4. The summed E-state index contributed by atoms with van der Waals surface area (Å²) in [5, 5.41) is 9.05. The van der Waals surface area contributed by atoms with Crippen LogP contribution < -0.4 is 0 Å². The molecule has 21 heavy (non-hydrogen) atoms. The molecule has 0 saturated carbocycles. The Hall–Kier alpha value is -2.56. The Labute approximate surface area is 122 Å². The summed E-state index contributed by atoms with van der Waals surface area (Å²) in [6.45, 7) is 4.37. The molecule has 0 atom stereocenters. The number of carbonyl (C=O) groups excluding carboxylic acids is 1. The molecule has 5 nitrogen and oxygen atoms in total. The molecule has 0 aliphatic carbocycles. The Bertz CT molecular complexity index is 673. The van der Waals surface area contributed by atoms with Gasteiger partial charge in [-0.25, -0.2) is 9.59 Å². The van der Waals surface area contributed by atoms with E-state index in [-0.39, 0.29) is 11.5 Å². The number of esters is 1. The first-order valence-electron chi connectivity index (χ1n) is 6.68. The lowest BCUT2D eigenvalue weighted by Gasteiger charge is -2.08. The minimum Gasteiger partial charge on any atom is -0.478 e. The van der Waals surface area contributed by atoms with Crippen LogP contribution in [0.2, 0.25) is 0 Å². The van der Waals surface area contributed by atoms with Crippen LogP contribution in [0.15, 0.2) is 36.5 Å². The van der Waals surface area contributed by atoms with E-state index in [1.165, 1.54) is 0 Å². The molecule has 1 aromatic carbocycles. The Morgan fingerprint density at radius 3 is 2.67 bits per heavy atom. The molecule has 1 aromatic heterocycles. The fraction of sp³-hybridized carbons (Fsp3) is 0.250. The van der Waals surface area contributed by atoms with Crippen LogP contribution in [-0.4, -0.2) is 28.2 Å². The first kappa shape index (κ1) is 14.8. The highest BCUT2D eigenvalue weighted by molar-refractivity contribution is 5.90. The minimum absolute atomic E-state index is 0.288. The Kier molecular flexibility index (Phi) is 4.42. The Balaban J connectivity index is 2.22. The number of carboxylic acids is 1. The zero-order chi connectivity index (χ0) is 15.4. The van der Waals surface area contributed by atoms with Gasteiger partial charge in [0.15, 0.2) is 0 Å². The van der Waals surface area contributed by atoms with Crippen LogP contribution in [0, 0.1) is 6.92 Å². The molecule has 0 aliphatic rings. The SMILES string of the molecule is CCOC(=O)c1cccc(Cn2ccc(C(=O)O)c2C)c1. The number of aromatic nitrogens is 1. The Morgan fingerprint density at radius 1 is 1.29 bits per heavy atom. The van der Waals surface area contributed by atoms with Gasteiger partial charge in [-0.05, 0) is 37.6 Å². The lowest BCUT2D eigenvalue weighted by atomic mass is 10.1. The summed E-state index contributed by atoms with van der Waals surface area (Å²) >= 11 is 0. The third-order valence-electron chi connectivity index (χ3n) is 3.26. The molecule has 1 N–H and O–H groups in total. The molecule has 0 saturated heterocycles. The summed E-state index contributed by atoms with van der Waals surface area (Å²) in [6.07, 6.45) is 1.73. The molecule has 0 unspecified atom stereocenters. The molecular formula is C16H17NO4. The van der Waals surface area contributed by atoms with Gasteiger partial charge in [-0.2, -0.15) is 0 Å². The minimum atomic E-state index is -0.938. The van der Waals surface area contributed by atoms with E-state index >= 15 is 0 Å². The van der Waals surface area contributed by atoms with Crippen LogP contribution in [0.5, 0.6) is 0 Å². The lowest BCUT2D eigenvalue weighted by molar-refractivity contribution is 0.0525. The van der Waals surface area contributed by atoms with E-state index in [1.807, 2.05) is 10.6 Å². The van der Waals surface area contributed by atoms with Crippen LogP contribution >= 0.6 is 0 Å². The smallest absolute Gasteiger partial charge is 0.338 e. The van der Waals surface area contributed by atoms with Crippen molar-refractivity contribution in [2.45, 2.75) is 20.4 Å². The van der Waals surface area contributed by atoms with Gasteiger partial charge in [0.1, 0.15) is 0 Å². The predicted octanol–water partition coefficient (Wildman–Crippen LogP) is 2.72. The van der Waals surface area contributed by atoms with Crippen molar-refractivity contribution < 1.29 is 19.4 Å². The number of benzene rings is 1. The van der Waals surface area contributed by atoms with Gasteiger partial charge in [-0.1, -0.05) is 12.1 Å². The summed E-state index contributed by atoms with van der Waals surface area (Å²) in [5.74, 6) is -1.29. The maximum atomic E-state index is 11.7. The van der Waals surface area contributed by atoms with Gasteiger partial charge in [0.05, 0.1) is 17.7 Å². The third-order valence-corrected chi connectivity index (χ3v) is 3.26. The highest BCUT2D eigenvalue weighted by Gasteiger charge is 2.12. The largest absolute Gasteiger partial charge is 0.478 e. The van der Waals surface area contributed by atoms with Crippen molar-refractivity contribution in [3.8, 4) is 0 Å². The number of hydrogen-bond donors (Lipinski definition) is 1. The zero-order valence-corrected chi connectivity index (χ0v) is 12.0. The summed E-state index contributed by atoms with van der Waals surface area (Å²) < 4.78 is 6.81. The number of carbonyl (C=O) groups is 2. The fourth-order valence-corrected chi connectivity index (χ4v) is 2.16. The standard InChI is InChI=1S/C16H17NO4/c1-3-21-16(20)13-6-4-5-12(9-13)10-17-8-7-14(11(17)2)15(18)19/h4-9H,3,10H2,1-2H3,(H,18,19). The molecule has 110 valence electrons. The van der Waals surface area contributed by atoms with E-state index in [0.717, 1.165) is 5.56 Å². The van der Waals surface area contributed by atoms with Crippen LogP contribution in [0.25, 0.3) is 0 Å². The summed E-state index contributed by atoms with van der Waals surface area (Å²) in [6, 6.07) is 8.72. The molecule has 0 amide bonds. The molecule has 0 spiro atoms. The van der Waals surface area contributed by atoms with Gasteiger partial charge >= 0.3 is 11.9 Å². The number of hydrogen-bond acceptors (Lipinski definition) is 3. The van der Waals surface area contributed by atoms with E-state index in [0.29, 0.717) is 24.4 Å². The molecule has 0 fully saturated rings. The fourth-order valence-electron chi connectivity index (χ4n) is 2.16. The van der Waals surface area contributed by atoms with Crippen molar-refractivity contribution in [3.63, 3.8) is 0 Å². The molecule has 0 radical (unpaired) electrons. The maximum Gasteiger partial charge on any atom is 0.338 e. The van der Waals surface area contributed by atoms with Crippen LogP contribution in [0.1, 0.15) is 38.9 Å². The third kappa shape index (κ3) is 3.31. The van der Waals surface area contributed by atoms with Gasteiger partial charge < -0.3 is 14.4 Å². The quantitative estimate of drug-likeness (QED) is 0.858. The van der Waals surface area contributed by atoms with Crippen molar-refractivity contribution >= 4 is 11.9 Å². The zero-order valence-electron chi connectivity index (χ0n) is 12.0. The molecule has 2 aromatic rings. The van der Waals surface area contributed by atoms with Crippen molar-refractivity contribution in [3.05, 3.63) is 58.9 Å². The van der Waals surface area contributed by atoms with Gasteiger partial charge in [-0.15, -0.1) is 0 Å². The van der Waals surface area contributed by atoms with Crippen molar-refractivity contribution in [2.24, 2.45) is 0 Å². The van der Waals surface area contributed by atoms with E-state index in [9.17, 15) is 9.59 Å². The van der Waals surface area contributed by atoms with Crippen LogP contribution in [-0.2, 0) is 11.3 Å². The second-order valence-corrected chi connectivity index (χ2v) is 4.67. The summed E-state index contributed by atoms with van der Waals surface area (Å²) in [7, 11) is 0. The molecule has 1 heterocycles. The predicted molar refractivity (Wildman–Crippen MR) is 77.6 cm³/mol. The first-order valence-corrected chi connectivity index (χ1v) is 6.68. The van der Waals surface area contributed by atoms with E-state index in [4.69, 9.17) is 9.84 Å². The number of aromatic carboxylic acids is 1. The Morgan fingerprint density at radius 2 is 2.05 bits per heavy atom. The molecule has 0 bridgehead atoms. The lowest BCUT2D eigenvalue weighted by Crippen LogP contribution is -2.07. The number of ether oxygens (including phenoxy) is 1. The van der Waals surface area contributed by atoms with Crippen molar-refractivity contribution in [1.82, 2.24) is 4.57 Å². The van der Waals surface area contributed by atoms with E-state index < -0.39 is 5.97 Å². The van der Waals surface area contributed by atoms with Crippen molar-refractivity contribution in [1.29, 1.82) is 0 Å². The van der Waals surface area contributed by atoms with Crippen molar-refractivity contribution in [2.75, 3.05) is 6.61 Å². The van der Waals surface area contributed by atoms with Gasteiger partial charge in [0, 0.05) is 18.4 Å². The van der Waals surface area contributed by atoms with Gasteiger partial charge in [-0.3, -0.25) is 0 Å². The van der Waals surface area contributed by atoms with E-state index in [2.05, 4.69) is 0 Å². The highest BCUT2D eigenvalue weighted by Crippen LogP contribution is 2.14. The molecule has 2 rings (SSSR count). The second kappa shape index (κ2) is 6.26. The van der Waals surface area contributed by atoms with Gasteiger partial charge in [0.25, 0.3) is 0 Å². The topological polar surface area (TPSA) is 68.5 Å². The second-order valence-electron chi connectivity index (χ2n) is 4.67. The molecule has 5 heteroatoms. The summed E-state index contributed by atoms with van der Waals surface area (Å²) in [4.78, 5) is 22.7. The number of rotatable bonds is 5. The summed E-state index contributed by atoms with van der Waals surface area (Å²) in [5.41, 5.74) is 2.38. The average molecular weight is 287 g/mol. The van der Waals surface area contributed by atoms with Gasteiger partial charge in [0.2, 0.25) is 0 Å². The first-order chi connectivity index (χ1) is 10.0. The molecule has 0 aliphatic heterocycles. The maximum absolute atomic E-state index is 11.7. The molecular weight excluding hydrogens is 270 g/mol. The number of nitrogens with zero attached hydrogens (tertiary/aromatic N) is 1. The van der Waals surface area contributed by atoms with Crippen LogP contribution in [0.3, 0.4) is 0 Å². The van der Waals surface area contributed by atoms with Crippen LogP contribution in [0.4, 0.5) is 0 Å². The van der Waals surface area contributed by atoms with E-state index in [1.54, 1.807) is 44.3 Å².